The van der Waals surface area contributed by atoms with Crippen LogP contribution in [0.5, 0.6) is 0 Å². The van der Waals surface area contributed by atoms with Gasteiger partial charge in [0.15, 0.2) is 5.16 Å². The average Bonchev–Trinajstić information content (AvgIpc) is 3.20. The van der Waals surface area contributed by atoms with Crippen molar-refractivity contribution in [1.82, 2.24) is 19.5 Å². The molecule has 7 nitrogen and oxygen atoms in total. The van der Waals surface area contributed by atoms with E-state index in [9.17, 15) is 9.59 Å². The number of fused-ring (bicyclic) bond motifs is 1. The second-order valence-electron chi connectivity index (χ2n) is 6.39. The number of para-hydroxylation sites is 1. The maximum atomic E-state index is 12.4. The Kier molecular flexibility index (Phi) is 5.18. The Labute approximate surface area is 170 Å². The molecule has 0 saturated heterocycles. The van der Waals surface area contributed by atoms with Crippen molar-refractivity contribution in [2.45, 2.75) is 17.8 Å². The van der Waals surface area contributed by atoms with Gasteiger partial charge in [0.2, 0.25) is 0 Å². The minimum absolute atomic E-state index is 0.246. The molecule has 146 valence electrons. The highest BCUT2D eigenvalue weighted by Gasteiger charge is 2.12. The summed E-state index contributed by atoms with van der Waals surface area (Å²) in [5, 5.41) is 1.22. The number of ether oxygens (including phenoxy) is 1. The molecular formula is C21H18N4O3S. The van der Waals surface area contributed by atoms with Crippen LogP contribution >= 0.6 is 11.8 Å². The number of nitrogens with one attached hydrogen (secondary N) is 1. The van der Waals surface area contributed by atoms with Gasteiger partial charge >= 0.3 is 5.97 Å². The molecule has 0 aliphatic rings. The molecule has 4 aromatic rings. The van der Waals surface area contributed by atoms with Gasteiger partial charge in [-0.25, -0.2) is 14.8 Å². The smallest absolute Gasteiger partial charge is 0.337 e. The van der Waals surface area contributed by atoms with Gasteiger partial charge in [0.1, 0.15) is 5.82 Å². The van der Waals surface area contributed by atoms with E-state index in [2.05, 4.69) is 15.0 Å². The summed E-state index contributed by atoms with van der Waals surface area (Å²) in [6.07, 6.45) is 3.65. The molecule has 29 heavy (non-hydrogen) atoms. The van der Waals surface area contributed by atoms with E-state index in [-0.39, 0.29) is 5.56 Å². The Morgan fingerprint density at radius 3 is 2.86 bits per heavy atom. The number of aromatic nitrogens is 4. The Bertz CT molecular complexity index is 1260. The van der Waals surface area contributed by atoms with E-state index >= 15 is 0 Å². The molecule has 4 rings (SSSR count). The number of rotatable bonds is 5. The van der Waals surface area contributed by atoms with Crippen LogP contribution in [-0.4, -0.2) is 32.6 Å². The molecule has 0 unspecified atom stereocenters. The van der Waals surface area contributed by atoms with E-state index in [4.69, 9.17) is 4.74 Å². The summed E-state index contributed by atoms with van der Waals surface area (Å²) in [5.41, 5.74) is 2.75. The summed E-state index contributed by atoms with van der Waals surface area (Å²) >= 11 is 1.47. The molecule has 0 fully saturated rings. The van der Waals surface area contributed by atoms with Crippen molar-refractivity contribution in [3.8, 4) is 5.69 Å². The fourth-order valence-corrected chi connectivity index (χ4v) is 3.88. The molecule has 8 heteroatoms. The van der Waals surface area contributed by atoms with Crippen LogP contribution in [-0.2, 0) is 10.5 Å². The molecule has 0 spiro atoms. The largest absolute Gasteiger partial charge is 0.465 e. The quantitative estimate of drug-likeness (QED) is 0.403. The monoisotopic (exact) mass is 406 g/mol. The number of imidazole rings is 1. The number of aromatic amines is 1. The Hall–Kier alpha value is -3.39. The summed E-state index contributed by atoms with van der Waals surface area (Å²) < 4.78 is 6.75. The van der Waals surface area contributed by atoms with Crippen LogP contribution in [0, 0.1) is 6.92 Å². The Morgan fingerprint density at radius 1 is 1.24 bits per heavy atom. The predicted molar refractivity (Wildman–Crippen MR) is 112 cm³/mol. The summed E-state index contributed by atoms with van der Waals surface area (Å²) in [5.74, 6) is 0.468. The number of nitrogens with zero attached hydrogens (tertiary/aromatic N) is 3. The molecule has 0 saturated carbocycles. The summed E-state index contributed by atoms with van der Waals surface area (Å²) in [4.78, 5) is 35.9. The second kappa shape index (κ2) is 7.92. The second-order valence-corrected chi connectivity index (χ2v) is 7.33. The summed E-state index contributed by atoms with van der Waals surface area (Å²) in [6.45, 7) is 2.05. The molecule has 0 amide bonds. The van der Waals surface area contributed by atoms with Gasteiger partial charge in [0, 0.05) is 12.4 Å². The Balaban J connectivity index is 1.63. The normalized spacial score (nSPS) is 11.0. The van der Waals surface area contributed by atoms with E-state index < -0.39 is 5.97 Å². The summed E-state index contributed by atoms with van der Waals surface area (Å²) in [7, 11) is 1.32. The van der Waals surface area contributed by atoms with E-state index in [1.165, 1.54) is 18.9 Å². The van der Waals surface area contributed by atoms with E-state index in [0.29, 0.717) is 28.0 Å². The maximum absolute atomic E-state index is 12.4. The zero-order chi connectivity index (χ0) is 20.4. The van der Waals surface area contributed by atoms with Crippen molar-refractivity contribution < 1.29 is 9.53 Å². The highest BCUT2D eigenvalue weighted by atomic mass is 32.2. The number of esters is 1. The first-order chi connectivity index (χ1) is 14.1. The van der Waals surface area contributed by atoms with Crippen LogP contribution in [0.2, 0.25) is 0 Å². The number of hydrogen-bond acceptors (Lipinski definition) is 6. The first-order valence-electron chi connectivity index (χ1n) is 8.90. The van der Waals surface area contributed by atoms with Crippen LogP contribution < -0.4 is 5.56 Å². The van der Waals surface area contributed by atoms with Crippen molar-refractivity contribution in [3.05, 3.63) is 82.2 Å². The number of benzene rings is 2. The van der Waals surface area contributed by atoms with Crippen LogP contribution in [0.1, 0.15) is 21.7 Å². The van der Waals surface area contributed by atoms with Gasteiger partial charge in [-0.15, -0.1) is 0 Å². The zero-order valence-corrected chi connectivity index (χ0v) is 16.7. The number of methoxy groups -OCH3 is 1. The van der Waals surface area contributed by atoms with Gasteiger partial charge in [-0.05, 0) is 36.8 Å². The Morgan fingerprint density at radius 2 is 2.07 bits per heavy atom. The van der Waals surface area contributed by atoms with E-state index in [1.54, 1.807) is 24.4 Å². The van der Waals surface area contributed by atoms with E-state index in [1.807, 2.05) is 42.0 Å². The van der Waals surface area contributed by atoms with Gasteiger partial charge < -0.3 is 9.72 Å². The predicted octanol–water partition coefficient (Wildman–Crippen LogP) is 3.50. The number of hydrogen-bond donors (Lipinski definition) is 1. The van der Waals surface area contributed by atoms with Crippen molar-refractivity contribution in [2.75, 3.05) is 7.11 Å². The maximum Gasteiger partial charge on any atom is 0.337 e. The number of aryl methyl sites for hydroxylation is 1. The van der Waals surface area contributed by atoms with Gasteiger partial charge in [-0.3, -0.25) is 9.36 Å². The standard InChI is InChI=1S/C21H18N4O3S/c1-13-5-3-4-6-17(13)25-10-9-22-21(25)29-12-18-23-16-11-14(20(27)28-2)7-8-15(16)19(26)24-18/h3-11H,12H2,1-2H3,(H,23,24,26). The lowest BCUT2D eigenvalue weighted by molar-refractivity contribution is 0.0601. The van der Waals surface area contributed by atoms with Crippen LogP contribution in [0.15, 0.2) is 64.8 Å². The molecule has 0 bridgehead atoms. The topological polar surface area (TPSA) is 89.9 Å². The third-order valence-corrected chi connectivity index (χ3v) is 5.47. The van der Waals surface area contributed by atoms with Crippen molar-refractivity contribution in [2.24, 2.45) is 0 Å². The number of H-pyrrole nitrogens is 1. The number of carbonyl (C=O) groups excluding carboxylic acids is 1. The molecule has 0 aliphatic carbocycles. The van der Waals surface area contributed by atoms with Crippen molar-refractivity contribution in [1.29, 1.82) is 0 Å². The average molecular weight is 406 g/mol. The lowest BCUT2D eigenvalue weighted by atomic mass is 10.1. The minimum Gasteiger partial charge on any atom is -0.465 e. The SMILES string of the molecule is COC(=O)c1ccc2c(=O)[nH]c(CSc3nccn3-c3ccccc3C)nc2c1. The first-order valence-corrected chi connectivity index (χ1v) is 9.89. The molecule has 2 aromatic carbocycles. The van der Waals surface area contributed by atoms with Gasteiger partial charge in [0.05, 0.1) is 35.0 Å². The fourth-order valence-electron chi connectivity index (χ4n) is 3.05. The molecule has 0 radical (unpaired) electrons. The molecular weight excluding hydrogens is 388 g/mol. The highest BCUT2D eigenvalue weighted by Crippen LogP contribution is 2.25. The molecule has 1 N–H and O–H groups in total. The van der Waals surface area contributed by atoms with Gasteiger partial charge in [0.25, 0.3) is 5.56 Å². The third-order valence-electron chi connectivity index (χ3n) is 4.50. The molecule has 2 aromatic heterocycles. The fraction of sp³-hybridized carbons (Fsp3) is 0.143. The lowest BCUT2D eigenvalue weighted by Gasteiger charge is -2.10. The van der Waals surface area contributed by atoms with Gasteiger partial charge in [-0.2, -0.15) is 0 Å². The zero-order valence-electron chi connectivity index (χ0n) is 15.9. The first kappa shape index (κ1) is 18.9. The van der Waals surface area contributed by atoms with Crippen LogP contribution in [0.3, 0.4) is 0 Å². The van der Waals surface area contributed by atoms with Crippen molar-refractivity contribution in [3.63, 3.8) is 0 Å². The number of thioether (sulfide) groups is 1. The molecule has 2 heterocycles. The third kappa shape index (κ3) is 3.79. The van der Waals surface area contributed by atoms with Crippen LogP contribution in [0.25, 0.3) is 16.6 Å². The van der Waals surface area contributed by atoms with Crippen molar-refractivity contribution >= 4 is 28.6 Å². The minimum atomic E-state index is -0.467. The van der Waals surface area contributed by atoms with E-state index in [0.717, 1.165) is 16.4 Å². The molecule has 0 aliphatic heterocycles. The number of carbonyl (C=O) groups is 1. The highest BCUT2D eigenvalue weighted by molar-refractivity contribution is 7.98. The van der Waals surface area contributed by atoms with Gasteiger partial charge in [-0.1, -0.05) is 30.0 Å². The lowest BCUT2D eigenvalue weighted by Crippen LogP contribution is -2.12. The molecule has 0 atom stereocenters. The summed E-state index contributed by atoms with van der Waals surface area (Å²) in [6, 6.07) is 12.8. The van der Waals surface area contributed by atoms with Crippen LogP contribution in [0.4, 0.5) is 0 Å².